The van der Waals surface area contributed by atoms with E-state index in [9.17, 15) is 0 Å². The van der Waals surface area contributed by atoms with Gasteiger partial charge in [-0.2, -0.15) is 5.10 Å². The molecule has 1 aromatic carbocycles. The monoisotopic (exact) mass is 259 g/mol. The van der Waals surface area contributed by atoms with Gasteiger partial charge >= 0.3 is 0 Å². The number of hydrogen-bond acceptors (Lipinski definition) is 3. The van der Waals surface area contributed by atoms with E-state index >= 15 is 0 Å². The highest BCUT2D eigenvalue weighted by molar-refractivity contribution is 5.41. The molecular formula is C15H21N3O. The average molecular weight is 259 g/mol. The fraction of sp³-hybridized carbons (Fsp3) is 0.400. The molecule has 2 aromatic rings. The van der Waals surface area contributed by atoms with Gasteiger partial charge < -0.3 is 10.1 Å². The molecule has 0 atom stereocenters. The van der Waals surface area contributed by atoms with Crippen LogP contribution in [0.4, 0.5) is 5.69 Å². The molecule has 0 fully saturated rings. The SMILES string of the molecule is COCCn1cc(NCc2cc(C)ccc2C)cn1. The van der Waals surface area contributed by atoms with Crippen molar-refractivity contribution >= 4 is 5.69 Å². The summed E-state index contributed by atoms with van der Waals surface area (Å²) < 4.78 is 6.92. The van der Waals surface area contributed by atoms with Crippen LogP contribution in [0.5, 0.6) is 0 Å². The Morgan fingerprint density at radius 3 is 2.95 bits per heavy atom. The molecular weight excluding hydrogens is 238 g/mol. The number of methoxy groups -OCH3 is 1. The van der Waals surface area contributed by atoms with Crippen LogP contribution in [0.3, 0.4) is 0 Å². The van der Waals surface area contributed by atoms with E-state index in [2.05, 4.69) is 42.5 Å². The smallest absolute Gasteiger partial charge is 0.0729 e. The zero-order chi connectivity index (χ0) is 13.7. The number of anilines is 1. The number of ether oxygens (including phenoxy) is 1. The van der Waals surface area contributed by atoms with E-state index in [1.807, 2.05) is 17.1 Å². The van der Waals surface area contributed by atoms with Crippen LogP contribution in [0, 0.1) is 13.8 Å². The number of hydrogen-bond donors (Lipinski definition) is 1. The first-order chi connectivity index (χ1) is 9.19. The second-order valence-electron chi connectivity index (χ2n) is 4.77. The van der Waals surface area contributed by atoms with Gasteiger partial charge in [-0.15, -0.1) is 0 Å². The van der Waals surface area contributed by atoms with Crippen molar-refractivity contribution < 1.29 is 4.74 Å². The molecule has 0 aliphatic carbocycles. The van der Waals surface area contributed by atoms with E-state index < -0.39 is 0 Å². The fourth-order valence-corrected chi connectivity index (χ4v) is 1.95. The maximum atomic E-state index is 5.03. The normalized spacial score (nSPS) is 10.7. The maximum absolute atomic E-state index is 5.03. The van der Waals surface area contributed by atoms with E-state index in [1.54, 1.807) is 7.11 Å². The Hall–Kier alpha value is -1.81. The van der Waals surface area contributed by atoms with Crippen molar-refractivity contribution in [2.24, 2.45) is 0 Å². The first-order valence-corrected chi connectivity index (χ1v) is 6.50. The molecule has 0 spiro atoms. The molecule has 19 heavy (non-hydrogen) atoms. The van der Waals surface area contributed by atoms with Gasteiger partial charge in [-0.05, 0) is 25.0 Å². The van der Waals surface area contributed by atoms with Gasteiger partial charge in [-0.3, -0.25) is 4.68 Å². The molecule has 0 saturated carbocycles. The van der Waals surface area contributed by atoms with Crippen molar-refractivity contribution in [3.8, 4) is 0 Å². The first kappa shape index (κ1) is 13.6. The zero-order valence-corrected chi connectivity index (χ0v) is 11.8. The quantitative estimate of drug-likeness (QED) is 0.867. The van der Waals surface area contributed by atoms with Crippen molar-refractivity contribution in [1.29, 1.82) is 0 Å². The molecule has 0 saturated heterocycles. The standard InChI is InChI=1S/C15H21N3O/c1-12-4-5-13(2)14(8-12)9-16-15-10-17-18(11-15)6-7-19-3/h4-5,8,10-11,16H,6-7,9H2,1-3H3. The highest BCUT2D eigenvalue weighted by Gasteiger charge is 2.01. The lowest BCUT2D eigenvalue weighted by Gasteiger charge is -2.08. The Morgan fingerprint density at radius 2 is 2.16 bits per heavy atom. The number of nitrogens with one attached hydrogen (secondary N) is 1. The minimum atomic E-state index is 0.679. The molecule has 4 heteroatoms. The van der Waals surface area contributed by atoms with Crippen LogP contribution in [-0.2, 0) is 17.8 Å². The molecule has 2 rings (SSSR count). The van der Waals surface area contributed by atoms with E-state index in [-0.39, 0.29) is 0 Å². The summed E-state index contributed by atoms with van der Waals surface area (Å²) in [4.78, 5) is 0. The lowest BCUT2D eigenvalue weighted by atomic mass is 10.1. The third kappa shape index (κ3) is 3.83. The average Bonchev–Trinajstić information content (AvgIpc) is 2.85. The van der Waals surface area contributed by atoms with Gasteiger partial charge in [-0.25, -0.2) is 0 Å². The topological polar surface area (TPSA) is 39.1 Å². The van der Waals surface area contributed by atoms with E-state index in [4.69, 9.17) is 4.74 Å². The summed E-state index contributed by atoms with van der Waals surface area (Å²) >= 11 is 0. The van der Waals surface area contributed by atoms with Crippen molar-refractivity contribution in [3.05, 3.63) is 47.3 Å². The van der Waals surface area contributed by atoms with Crippen molar-refractivity contribution in [3.63, 3.8) is 0 Å². The summed E-state index contributed by atoms with van der Waals surface area (Å²) in [5.74, 6) is 0. The van der Waals surface area contributed by atoms with Crippen LogP contribution in [0.15, 0.2) is 30.6 Å². The van der Waals surface area contributed by atoms with Crippen LogP contribution in [-0.4, -0.2) is 23.5 Å². The molecule has 1 heterocycles. The van der Waals surface area contributed by atoms with Gasteiger partial charge in [0, 0.05) is 19.9 Å². The Balaban J connectivity index is 1.94. The van der Waals surface area contributed by atoms with Gasteiger partial charge in [-0.1, -0.05) is 23.8 Å². The molecule has 0 bridgehead atoms. The second kappa shape index (κ2) is 6.38. The number of rotatable bonds is 6. The predicted molar refractivity (Wildman–Crippen MR) is 77.3 cm³/mol. The minimum Gasteiger partial charge on any atom is -0.383 e. The van der Waals surface area contributed by atoms with E-state index in [0.717, 1.165) is 18.8 Å². The Labute approximate surface area is 114 Å². The molecule has 0 aliphatic rings. The maximum Gasteiger partial charge on any atom is 0.0729 e. The highest BCUT2D eigenvalue weighted by Crippen LogP contribution is 2.13. The molecule has 1 N–H and O–H groups in total. The Morgan fingerprint density at radius 1 is 1.32 bits per heavy atom. The van der Waals surface area contributed by atoms with Crippen LogP contribution >= 0.6 is 0 Å². The van der Waals surface area contributed by atoms with Gasteiger partial charge in [0.15, 0.2) is 0 Å². The van der Waals surface area contributed by atoms with Crippen LogP contribution in [0.25, 0.3) is 0 Å². The summed E-state index contributed by atoms with van der Waals surface area (Å²) in [5.41, 5.74) is 4.96. The summed E-state index contributed by atoms with van der Waals surface area (Å²) in [6.45, 7) is 6.54. The minimum absolute atomic E-state index is 0.679. The molecule has 1 aromatic heterocycles. The van der Waals surface area contributed by atoms with Crippen LogP contribution in [0.1, 0.15) is 16.7 Å². The molecule has 4 nitrogen and oxygen atoms in total. The summed E-state index contributed by atoms with van der Waals surface area (Å²) in [6.07, 6.45) is 3.85. The van der Waals surface area contributed by atoms with Crippen LogP contribution < -0.4 is 5.32 Å². The molecule has 102 valence electrons. The fourth-order valence-electron chi connectivity index (χ4n) is 1.95. The van der Waals surface area contributed by atoms with Gasteiger partial charge in [0.2, 0.25) is 0 Å². The summed E-state index contributed by atoms with van der Waals surface area (Å²) in [7, 11) is 1.70. The lowest BCUT2D eigenvalue weighted by molar-refractivity contribution is 0.183. The third-order valence-electron chi connectivity index (χ3n) is 3.15. The van der Waals surface area contributed by atoms with Crippen LogP contribution in [0.2, 0.25) is 0 Å². The molecule has 0 amide bonds. The van der Waals surface area contributed by atoms with Crippen molar-refractivity contribution in [2.75, 3.05) is 19.0 Å². The Bertz CT molecular complexity index is 534. The second-order valence-corrected chi connectivity index (χ2v) is 4.77. The third-order valence-corrected chi connectivity index (χ3v) is 3.15. The largest absolute Gasteiger partial charge is 0.383 e. The number of aromatic nitrogens is 2. The summed E-state index contributed by atoms with van der Waals surface area (Å²) in [6, 6.07) is 6.52. The molecule has 0 unspecified atom stereocenters. The number of benzene rings is 1. The van der Waals surface area contributed by atoms with Gasteiger partial charge in [0.05, 0.1) is 25.0 Å². The van der Waals surface area contributed by atoms with Gasteiger partial charge in [0.1, 0.15) is 0 Å². The molecule has 0 radical (unpaired) electrons. The molecule has 0 aliphatic heterocycles. The summed E-state index contributed by atoms with van der Waals surface area (Å²) in [5, 5.41) is 7.68. The van der Waals surface area contributed by atoms with E-state index in [0.29, 0.717) is 6.61 Å². The highest BCUT2D eigenvalue weighted by atomic mass is 16.5. The Kier molecular flexibility index (Phi) is 4.58. The number of nitrogens with zero attached hydrogens (tertiary/aromatic N) is 2. The predicted octanol–water partition coefficient (Wildman–Crippen LogP) is 2.76. The van der Waals surface area contributed by atoms with Crippen molar-refractivity contribution in [1.82, 2.24) is 9.78 Å². The lowest BCUT2D eigenvalue weighted by Crippen LogP contribution is -2.04. The van der Waals surface area contributed by atoms with E-state index in [1.165, 1.54) is 16.7 Å². The first-order valence-electron chi connectivity index (χ1n) is 6.50. The van der Waals surface area contributed by atoms with Crippen molar-refractivity contribution in [2.45, 2.75) is 26.9 Å². The zero-order valence-electron chi connectivity index (χ0n) is 11.8. The van der Waals surface area contributed by atoms with Gasteiger partial charge in [0.25, 0.3) is 0 Å². The number of aryl methyl sites for hydroxylation is 2.